The van der Waals surface area contributed by atoms with Crippen molar-refractivity contribution >= 4 is 5.97 Å². The minimum atomic E-state index is -1.54. The molecule has 0 amide bonds. The number of unbranched alkanes of at least 4 members (excludes halogenated alkanes) is 14. The van der Waals surface area contributed by atoms with Crippen LogP contribution in [0.25, 0.3) is 0 Å². The lowest BCUT2D eigenvalue weighted by Gasteiger charge is -2.39. The van der Waals surface area contributed by atoms with Gasteiger partial charge in [-0.2, -0.15) is 0 Å². The zero-order valence-electron chi connectivity index (χ0n) is 34.0. The molecule has 0 bridgehead atoms. The van der Waals surface area contributed by atoms with E-state index < -0.39 is 43.4 Å². The highest BCUT2D eigenvalue weighted by molar-refractivity contribution is 5.69. The zero-order chi connectivity index (χ0) is 39.3. The van der Waals surface area contributed by atoms with Gasteiger partial charge in [-0.3, -0.25) is 4.79 Å². The molecule has 0 radical (unpaired) electrons. The SMILES string of the molecule is CC/C=C\C/C=C\C/C=C\C/C=C\CCCCCCCCC(=O)OC(COCCCCCCCC/C=C\CCCC)COC1OC(CO)C(O)C(O)C1O. The molecule has 1 saturated heterocycles. The minimum Gasteiger partial charge on any atom is -0.457 e. The lowest BCUT2D eigenvalue weighted by atomic mass is 9.99. The van der Waals surface area contributed by atoms with Gasteiger partial charge in [-0.05, 0) is 70.6 Å². The average molecular weight is 763 g/mol. The molecule has 0 aromatic rings. The second-order valence-electron chi connectivity index (χ2n) is 14.4. The molecule has 0 aromatic carbocycles. The van der Waals surface area contributed by atoms with Crippen LogP contribution < -0.4 is 0 Å². The van der Waals surface area contributed by atoms with Crippen molar-refractivity contribution in [2.45, 2.75) is 192 Å². The Morgan fingerprint density at radius 1 is 0.611 bits per heavy atom. The van der Waals surface area contributed by atoms with Crippen LogP contribution in [0.5, 0.6) is 0 Å². The van der Waals surface area contributed by atoms with Crippen molar-refractivity contribution in [1.29, 1.82) is 0 Å². The number of esters is 1. The molecule has 6 atom stereocenters. The van der Waals surface area contributed by atoms with Crippen LogP contribution in [0.4, 0.5) is 0 Å². The molecular weight excluding hydrogens is 684 g/mol. The van der Waals surface area contributed by atoms with E-state index in [0.717, 1.165) is 83.5 Å². The average Bonchev–Trinajstić information content (AvgIpc) is 3.17. The van der Waals surface area contributed by atoms with Crippen molar-refractivity contribution in [2.75, 3.05) is 26.4 Å². The molecule has 4 N–H and O–H groups in total. The van der Waals surface area contributed by atoms with Gasteiger partial charge in [0.1, 0.15) is 30.5 Å². The quantitative estimate of drug-likeness (QED) is 0.0283. The smallest absolute Gasteiger partial charge is 0.306 e. The summed E-state index contributed by atoms with van der Waals surface area (Å²) < 4.78 is 22.7. The number of hydrogen-bond acceptors (Lipinski definition) is 9. The summed E-state index contributed by atoms with van der Waals surface area (Å²) in [4.78, 5) is 12.8. The Labute approximate surface area is 328 Å². The van der Waals surface area contributed by atoms with Gasteiger partial charge in [-0.15, -0.1) is 0 Å². The number of rotatable bonds is 35. The van der Waals surface area contributed by atoms with Crippen LogP contribution in [-0.2, 0) is 23.7 Å². The number of carbonyl (C=O) groups excluding carboxylic acids is 1. The summed E-state index contributed by atoms with van der Waals surface area (Å²) in [5.41, 5.74) is 0. The Hall–Kier alpha value is -2.11. The number of ether oxygens (including phenoxy) is 4. The molecule has 9 heteroatoms. The maximum absolute atomic E-state index is 12.8. The highest BCUT2D eigenvalue weighted by Gasteiger charge is 2.44. The van der Waals surface area contributed by atoms with Gasteiger partial charge < -0.3 is 39.4 Å². The first-order chi connectivity index (χ1) is 26.4. The van der Waals surface area contributed by atoms with Crippen LogP contribution in [0, 0.1) is 0 Å². The fourth-order valence-electron chi connectivity index (χ4n) is 6.05. The van der Waals surface area contributed by atoms with Crippen molar-refractivity contribution in [3.05, 3.63) is 60.8 Å². The number of allylic oxidation sites excluding steroid dienone is 10. The number of carbonyl (C=O) groups is 1. The summed E-state index contributed by atoms with van der Waals surface area (Å²) in [6.45, 7) is 4.36. The Balaban J connectivity index is 2.29. The molecule has 0 aliphatic carbocycles. The number of aliphatic hydroxyl groups excluding tert-OH is 4. The van der Waals surface area contributed by atoms with Gasteiger partial charge in [-0.1, -0.05) is 139 Å². The topological polar surface area (TPSA) is 135 Å². The first-order valence-corrected chi connectivity index (χ1v) is 21.4. The van der Waals surface area contributed by atoms with Crippen molar-refractivity contribution in [3.8, 4) is 0 Å². The van der Waals surface area contributed by atoms with E-state index >= 15 is 0 Å². The Bertz CT molecular complexity index is 1010. The molecule has 1 aliphatic heterocycles. The molecule has 9 nitrogen and oxygen atoms in total. The lowest BCUT2D eigenvalue weighted by Crippen LogP contribution is -2.59. The largest absolute Gasteiger partial charge is 0.457 e. The van der Waals surface area contributed by atoms with Crippen molar-refractivity contribution in [3.63, 3.8) is 0 Å². The number of aliphatic hydroxyl groups is 4. The van der Waals surface area contributed by atoms with Crippen molar-refractivity contribution in [2.24, 2.45) is 0 Å². The fraction of sp³-hybridized carbons (Fsp3) is 0.756. The predicted molar refractivity (Wildman–Crippen MR) is 219 cm³/mol. The van der Waals surface area contributed by atoms with Crippen LogP contribution in [0.2, 0.25) is 0 Å². The molecule has 1 rings (SSSR count). The molecule has 0 saturated carbocycles. The summed E-state index contributed by atoms with van der Waals surface area (Å²) in [6.07, 6.45) is 38.1. The van der Waals surface area contributed by atoms with E-state index in [2.05, 4.69) is 74.6 Å². The zero-order valence-corrected chi connectivity index (χ0v) is 34.0. The fourth-order valence-corrected chi connectivity index (χ4v) is 6.05. The van der Waals surface area contributed by atoms with Crippen molar-refractivity contribution < 1.29 is 44.2 Å². The van der Waals surface area contributed by atoms with Gasteiger partial charge in [0.25, 0.3) is 0 Å². The molecule has 0 aromatic heterocycles. The Morgan fingerprint density at radius 2 is 1.13 bits per heavy atom. The molecule has 1 fully saturated rings. The highest BCUT2D eigenvalue weighted by Crippen LogP contribution is 2.22. The third kappa shape index (κ3) is 27.5. The summed E-state index contributed by atoms with van der Waals surface area (Å²) in [5.74, 6) is -0.333. The second kappa shape index (κ2) is 36.5. The van der Waals surface area contributed by atoms with Crippen LogP contribution in [0.1, 0.15) is 155 Å². The van der Waals surface area contributed by atoms with Crippen LogP contribution in [0.3, 0.4) is 0 Å². The van der Waals surface area contributed by atoms with E-state index in [1.807, 2.05) is 0 Å². The normalized spacial score (nSPS) is 21.5. The lowest BCUT2D eigenvalue weighted by molar-refractivity contribution is -0.305. The maximum Gasteiger partial charge on any atom is 0.306 e. The number of hydrogen-bond donors (Lipinski definition) is 4. The van der Waals surface area contributed by atoms with Crippen LogP contribution >= 0.6 is 0 Å². The molecule has 6 unspecified atom stereocenters. The van der Waals surface area contributed by atoms with Gasteiger partial charge in [0.15, 0.2) is 6.29 Å². The minimum absolute atomic E-state index is 0.124. The first-order valence-electron chi connectivity index (χ1n) is 21.4. The van der Waals surface area contributed by atoms with Crippen LogP contribution in [0.15, 0.2) is 60.8 Å². The third-order valence-corrected chi connectivity index (χ3v) is 9.42. The summed E-state index contributed by atoms with van der Waals surface area (Å²) in [6, 6.07) is 0. The second-order valence-corrected chi connectivity index (χ2v) is 14.4. The summed E-state index contributed by atoms with van der Waals surface area (Å²) in [7, 11) is 0. The molecular formula is C45H78O9. The summed E-state index contributed by atoms with van der Waals surface area (Å²) in [5, 5.41) is 40.0. The van der Waals surface area contributed by atoms with Gasteiger partial charge >= 0.3 is 5.97 Å². The van der Waals surface area contributed by atoms with E-state index in [-0.39, 0.29) is 19.2 Å². The monoisotopic (exact) mass is 763 g/mol. The Morgan fingerprint density at radius 3 is 1.72 bits per heavy atom. The van der Waals surface area contributed by atoms with E-state index in [9.17, 15) is 25.2 Å². The van der Waals surface area contributed by atoms with Crippen LogP contribution in [-0.4, -0.2) is 89.6 Å². The first kappa shape index (κ1) is 49.9. The maximum atomic E-state index is 12.8. The van der Waals surface area contributed by atoms with Crippen molar-refractivity contribution in [1.82, 2.24) is 0 Å². The van der Waals surface area contributed by atoms with E-state index in [4.69, 9.17) is 18.9 Å². The standard InChI is InChI=1S/C45H78O9/c1-3-5-7-9-11-13-15-17-18-19-20-21-22-23-24-26-28-30-32-34-41(47)53-39(38-52-45-44(50)43(49)42(48)40(36-46)54-45)37-51-35-33-31-29-27-25-16-14-12-10-8-6-4-2/h5,7,10-13,17-18,20-21,39-40,42-46,48-50H,3-4,6,8-9,14-16,19,22-38H2,1-2H3/b7-5-,12-10-,13-11-,18-17-,21-20-. The molecule has 1 heterocycles. The van der Waals surface area contributed by atoms with Gasteiger partial charge in [0, 0.05) is 13.0 Å². The van der Waals surface area contributed by atoms with E-state index in [1.54, 1.807) is 0 Å². The highest BCUT2D eigenvalue weighted by atomic mass is 16.7. The summed E-state index contributed by atoms with van der Waals surface area (Å²) >= 11 is 0. The molecule has 0 spiro atoms. The third-order valence-electron chi connectivity index (χ3n) is 9.42. The van der Waals surface area contributed by atoms with E-state index in [0.29, 0.717) is 13.0 Å². The van der Waals surface area contributed by atoms with Gasteiger partial charge in [0.05, 0.1) is 19.8 Å². The van der Waals surface area contributed by atoms with Gasteiger partial charge in [0.2, 0.25) is 0 Å². The molecule has 54 heavy (non-hydrogen) atoms. The van der Waals surface area contributed by atoms with Gasteiger partial charge in [-0.25, -0.2) is 0 Å². The predicted octanol–water partition coefficient (Wildman–Crippen LogP) is 9.13. The van der Waals surface area contributed by atoms with E-state index in [1.165, 1.54) is 51.4 Å². The Kier molecular flexibility index (Phi) is 33.8. The molecule has 1 aliphatic rings. The molecule has 312 valence electrons.